The SMILES string of the molecule is CCOC(=O)c1nn(-c2ccc(F)cc2)c(=O)cc1OCC(=O)Nc1cc(C(F)(F)F)cc(C(F)(F)F)c1. The first kappa shape index (κ1) is 28.1. The minimum absolute atomic E-state index is 0.0660. The van der Waals surface area contributed by atoms with Gasteiger partial charge in [-0.15, -0.1) is 0 Å². The highest BCUT2D eigenvalue weighted by Crippen LogP contribution is 2.37. The molecule has 1 N–H and O–H groups in total. The van der Waals surface area contributed by atoms with Crippen LogP contribution in [0.3, 0.4) is 0 Å². The third-order valence-corrected chi connectivity index (χ3v) is 4.67. The van der Waals surface area contributed by atoms with Gasteiger partial charge in [0.25, 0.3) is 11.5 Å². The minimum atomic E-state index is -5.13. The molecule has 0 unspecified atom stereocenters. The molecule has 3 aromatic rings. The van der Waals surface area contributed by atoms with Crippen LogP contribution < -0.4 is 15.6 Å². The molecule has 0 bridgehead atoms. The number of benzene rings is 2. The molecule has 1 aromatic heterocycles. The van der Waals surface area contributed by atoms with Crippen molar-refractivity contribution >= 4 is 17.6 Å². The maximum absolute atomic E-state index is 13.2. The van der Waals surface area contributed by atoms with Gasteiger partial charge in [0.1, 0.15) is 5.82 Å². The van der Waals surface area contributed by atoms with E-state index in [-0.39, 0.29) is 18.4 Å². The predicted molar refractivity (Wildman–Crippen MR) is 116 cm³/mol. The molecule has 202 valence electrons. The van der Waals surface area contributed by atoms with Crippen molar-refractivity contribution in [2.24, 2.45) is 0 Å². The summed E-state index contributed by atoms with van der Waals surface area (Å²) in [7, 11) is 0. The van der Waals surface area contributed by atoms with Crippen molar-refractivity contribution in [2.45, 2.75) is 19.3 Å². The fraction of sp³-hybridized carbons (Fsp3) is 0.217. The number of hydrogen-bond donors (Lipinski definition) is 1. The number of aromatic nitrogens is 2. The lowest BCUT2D eigenvalue weighted by atomic mass is 10.1. The molecule has 0 saturated heterocycles. The first-order valence-electron chi connectivity index (χ1n) is 10.5. The van der Waals surface area contributed by atoms with Gasteiger partial charge in [0, 0.05) is 5.69 Å². The molecule has 15 heteroatoms. The number of alkyl halides is 6. The smallest absolute Gasteiger partial charge is 0.416 e. The molecule has 0 atom stereocenters. The Balaban J connectivity index is 1.87. The van der Waals surface area contributed by atoms with Crippen LogP contribution in [-0.4, -0.2) is 34.9 Å². The molecule has 1 heterocycles. The summed E-state index contributed by atoms with van der Waals surface area (Å²) >= 11 is 0. The zero-order chi connectivity index (χ0) is 28.3. The van der Waals surface area contributed by atoms with E-state index in [1.165, 1.54) is 19.1 Å². The second kappa shape index (κ2) is 10.9. The Morgan fingerprint density at radius 2 is 1.53 bits per heavy atom. The topological polar surface area (TPSA) is 99.5 Å². The number of ether oxygens (including phenoxy) is 2. The molecule has 0 saturated carbocycles. The van der Waals surface area contributed by atoms with Crippen LogP contribution in [0.4, 0.5) is 36.4 Å². The number of amides is 1. The number of halogens is 7. The third kappa shape index (κ3) is 6.86. The summed E-state index contributed by atoms with van der Waals surface area (Å²) in [4.78, 5) is 37.1. The van der Waals surface area contributed by atoms with Crippen molar-refractivity contribution in [3.8, 4) is 11.4 Å². The molecule has 0 fully saturated rings. The number of hydrogen-bond acceptors (Lipinski definition) is 6. The van der Waals surface area contributed by atoms with Gasteiger partial charge in [-0.05, 0) is 49.4 Å². The maximum atomic E-state index is 13.2. The monoisotopic (exact) mass is 547 g/mol. The zero-order valence-electron chi connectivity index (χ0n) is 19.1. The molecule has 8 nitrogen and oxygen atoms in total. The van der Waals surface area contributed by atoms with E-state index in [4.69, 9.17) is 9.47 Å². The van der Waals surface area contributed by atoms with Crippen molar-refractivity contribution in [1.82, 2.24) is 9.78 Å². The fourth-order valence-electron chi connectivity index (χ4n) is 3.03. The normalized spacial score (nSPS) is 11.7. The van der Waals surface area contributed by atoms with Gasteiger partial charge in [0.2, 0.25) is 5.69 Å². The molecule has 0 spiro atoms. The quantitative estimate of drug-likeness (QED) is 0.343. The highest BCUT2D eigenvalue weighted by Gasteiger charge is 2.37. The molecule has 3 rings (SSSR count). The van der Waals surface area contributed by atoms with E-state index in [9.17, 15) is 45.1 Å². The number of nitrogens with one attached hydrogen (secondary N) is 1. The van der Waals surface area contributed by atoms with E-state index in [2.05, 4.69) is 5.10 Å². The Hall–Kier alpha value is -4.43. The maximum Gasteiger partial charge on any atom is 0.416 e. The van der Waals surface area contributed by atoms with E-state index >= 15 is 0 Å². The van der Waals surface area contributed by atoms with E-state index in [1.807, 2.05) is 5.32 Å². The average Bonchev–Trinajstić information content (AvgIpc) is 2.82. The summed E-state index contributed by atoms with van der Waals surface area (Å²) in [5.41, 5.74) is -5.52. The summed E-state index contributed by atoms with van der Waals surface area (Å²) in [6, 6.07) is 5.67. The van der Waals surface area contributed by atoms with E-state index in [0.29, 0.717) is 12.1 Å². The number of carbonyl (C=O) groups excluding carboxylic acids is 2. The van der Waals surface area contributed by atoms with Crippen LogP contribution in [0.2, 0.25) is 0 Å². The highest BCUT2D eigenvalue weighted by molar-refractivity contribution is 5.93. The molecule has 0 aliphatic rings. The van der Waals surface area contributed by atoms with Crippen molar-refractivity contribution < 1.29 is 49.8 Å². The zero-order valence-corrected chi connectivity index (χ0v) is 19.1. The number of esters is 1. The molecule has 0 aliphatic heterocycles. The molecule has 0 aliphatic carbocycles. The van der Waals surface area contributed by atoms with Crippen LogP contribution in [-0.2, 0) is 21.9 Å². The van der Waals surface area contributed by atoms with Crippen molar-refractivity contribution in [2.75, 3.05) is 18.5 Å². The van der Waals surface area contributed by atoms with E-state index in [1.54, 1.807) is 0 Å². The van der Waals surface area contributed by atoms with Gasteiger partial charge in [-0.2, -0.15) is 36.1 Å². The lowest BCUT2D eigenvalue weighted by molar-refractivity contribution is -0.143. The number of rotatable bonds is 7. The number of anilines is 1. The minimum Gasteiger partial charge on any atom is -0.481 e. The second-order valence-corrected chi connectivity index (χ2v) is 7.44. The van der Waals surface area contributed by atoms with Gasteiger partial charge in [0.05, 0.1) is 29.5 Å². The lowest BCUT2D eigenvalue weighted by Crippen LogP contribution is -2.27. The summed E-state index contributed by atoms with van der Waals surface area (Å²) in [6.07, 6.45) is -10.3. The number of carbonyl (C=O) groups is 2. The van der Waals surface area contributed by atoms with Gasteiger partial charge in [-0.25, -0.2) is 9.18 Å². The molecule has 38 heavy (non-hydrogen) atoms. The Kier molecular flexibility index (Phi) is 8.07. The second-order valence-electron chi connectivity index (χ2n) is 7.44. The van der Waals surface area contributed by atoms with Gasteiger partial charge in [0.15, 0.2) is 12.4 Å². The predicted octanol–water partition coefficient (Wildman–Crippen LogP) is 4.60. The Morgan fingerprint density at radius 1 is 0.947 bits per heavy atom. The first-order chi connectivity index (χ1) is 17.7. The van der Waals surface area contributed by atoms with Crippen LogP contribution in [0, 0.1) is 5.82 Å². The summed E-state index contributed by atoms with van der Waals surface area (Å²) in [5.74, 6) is -3.45. The lowest BCUT2D eigenvalue weighted by Gasteiger charge is -2.15. The van der Waals surface area contributed by atoms with Crippen LogP contribution in [0.25, 0.3) is 5.69 Å². The third-order valence-electron chi connectivity index (χ3n) is 4.67. The first-order valence-corrected chi connectivity index (χ1v) is 10.5. The van der Waals surface area contributed by atoms with Crippen LogP contribution >= 0.6 is 0 Å². The summed E-state index contributed by atoms with van der Waals surface area (Å²) < 4.78 is 102. The Morgan fingerprint density at radius 3 is 2.05 bits per heavy atom. The summed E-state index contributed by atoms with van der Waals surface area (Å²) in [6.45, 7) is 0.311. The van der Waals surface area contributed by atoms with Gasteiger partial charge >= 0.3 is 18.3 Å². The summed E-state index contributed by atoms with van der Waals surface area (Å²) in [5, 5.41) is 5.68. The van der Waals surface area contributed by atoms with Crippen LogP contribution in [0.5, 0.6) is 5.75 Å². The fourth-order valence-corrected chi connectivity index (χ4v) is 3.03. The Labute approximate surface area is 208 Å². The van der Waals surface area contributed by atoms with Gasteiger partial charge in [-0.1, -0.05) is 0 Å². The molecule has 2 aromatic carbocycles. The van der Waals surface area contributed by atoms with Gasteiger partial charge in [-0.3, -0.25) is 9.59 Å². The molecule has 1 amide bonds. The van der Waals surface area contributed by atoms with Crippen molar-refractivity contribution in [3.63, 3.8) is 0 Å². The van der Waals surface area contributed by atoms with Gasteiger partial charge < -0.3 is 14.8 Å². The van der Waals surface area contributed by atoms with Crippen LogP contribution in [0.1, 0.15) is 28.5 Å². The number of nitrogens with zero attached hydrogens (tertiary/aromatic N) is 2. The molecular weight excluding hydrogens is 531 g/mol. The van der Waals surface area contributed by atoms with E-state index < -0.39 is 70.5 Å². The largest absolute Gasteiger partial charge is 0.481 e. The van der Waals surface area contributed by atoms with E-state index in [0.717, 1.165) is 22.9 Å². The van der Waals surface area contributed by atoms with Crippen molar-refractivity contribution in [1.29, 1.82) is 0 Å². The molecular formula is C23H16F7N3O5. The van der Waals surface area contributed by atoms with Crippen LogP contribution in [0.15, 0.2) is 53.3 Å². The average molecular weight is 547 g/mol. The highest BCUT2D eigenvalue weighted by atomic mass is 19.4. The molecule has 0 radical (unpaired) electrons. The Bertz CT molecular complexity index is 1370. The van der Waals surface area contributed by atoms with Crippen molar-refractivity contribution in [3.05, 3.63) is 81.5 Å². The standard InChI is InChI=1S/C23H16F7N3O5/c1-2-37-21(36)20-17(10-19(35)33(32-20)16-5-3-14(24)4-6-16)38-11-18(34)31-15-8-12(22(25,26)27)7-13(9-15)23(28,29)30/h3-10H,2,11H2,1H3,(H,31,34).